The van der Waals surface area contributed by atoms with E-state index in [2.05, 4.69) is 5.32 Å². The van der Waals surface area contributed by atoms with E-state index in [1.54, 1.807) is 0 Å². The largest absolute Gasteiger partial charge is 0.396 e. The molecule has 2 unspecified atom stereocenters. The first-order valence-electron chi connectivity index (χ1n) is 4.57. The molecule has 12 heavy (non-hydrogen) atoms. The first kappa shape index (κ1) is 11.9. The van der Waals surface area contributed by atoms with Gasteiger partial charge in [-0.1, -0.05) is 20.8 Å². The maximum atomic E-state index is 9.39. The zero-order valence-corrected chi connectivity index (χ0v) is 8.25. The van der Waals surface area contributed by atoms with Gasteiger partial charge in [-0.3, -0.25) is 0 Å². The van der Waals surface area contributed by atoms with Crippen LogP contribution in [0.3, 0.4) is 0 Å². The van der Waals surface area contributed by atoms with Crippen LogP contribution >= 0.6 is 0 Å². The van der Waals surface area contributed by atoms with Crippen LogP contribution in [0.15, 0.2) is 0 Å². The molecule has 74 valence electrons. The SMILES string of the molecule is CC(CO)CNCC(O)C(C)C. The van der Waals surface area contributed by atoms with Crippen LogP contribution < -0.4 is 5.32 Å². The summed E-state index contributed by atoms with van der Waals surface area (Å²) in [7, 11) is 0. The van der Waals surface area contributed by atoms with Crippen molar-refractivity contribution in [2.75, 3.05) is 19.7 Å². The Morgan fingerprint density at radius 2 is 1.75 bits per heavy atom. The maximum Gasteiger partial charge on any atom is 0.0687 e. The molecule has 0 aliphatic carbocycles. The Morgan fingerprint density at radius 3 is 2.17 bits per heavy atom. The quantitative estimate of drug-likeness (QED) is 0.541. The summed E-state index contributed by atoms with van der Waals surface area (Å²) in [5, 5.41) is 21.2. The fourth-order valence-corrected chi connectivity index (χ4v) is 0.778. The monoisotopic (exact) mass is 175 g/mol. The molecule has 3 N–H and O–H groups in total. The van der Waals surface area contributed by atoms with Crippen molar-refractivity contribution in [3.63, 3.8) is 0 Å². The van der Waals surface area contributed by atoms with Crippen LogP contribution in [0.25, 0.3) is 0 Å². The van der Waals surface area contributed by atoms with Crippen LogP contribution in [0.5, 0.6) is 0 Å². The molecule has 0 heterocycles. The lowest BCUT2D eigenvalue weighted by Gasteiger charge is -2.16. The van der Waals surface area contributed by atoms with Crippen LogP contribution in [0.2, 0.25) is 0 Å². The maximum absolute atomic E-state index is 9.39. The van der Waals surface area contributed by atoms with Gasteiger partial charge in [0.05, 0.1) is 6.10 Å². The predicted molar refractivity (Wildman–Crippen MR) is 50.0 cm³/mol. The topological polar surface area (TPSA) is 52.5 Å². The van der Waals surface area contributed by atoms with Gasteiger partial charge in [-0.05, 0) is 18.4 Å². The van der Waals surface area contributed by atoms with Gasteiger partial charge in [0.15, 0.2) is 0 Å². The van der Waals surface area contributed by atoms with Gasteiger partial charge in [0, 0.05) is 13.2 Å². The molecule has 0 saturated heterocycles. The minimum Gasteiger partial charge on any atom is -0.396 e. The Kier molecular flexibility index (Phi) is 6.34. The van der Waals surface area contributed by atoms with Gasteiger partial charge in [0.25, 0.3) is 0 Å². The van der Waals surface area contributed by atoms with Crippen molar-refractivity contribution in [2.24, 2.45) is 11.8 Å². The third kappa shape index (κ3) is 5.52. The van der Waals surface area contributed by atoms with Crippen molar-refractivity contribution in [3.05, 3.63) is 0 Å². The van der Waals surface area contributed by atoms with Crippen LogP contribution in [0.1, 0.15) is 20.8 Å². The lowest BCUT2D eigenvalue weighted by atomic mass is 10.1. The average molecular weight is 175 g/mol. The molecular formula is C9H21NO2. The highest BCUT2D eigenvalue weighted by Crippen LogP contribution is 1.99. The van der Waals surface area contributed by atoms with Crippen molar-refractivity contribution in [2.45, 2.75) is 26.9 Å². The van der Waals surface area contributed by atoms with E-state index >= 15 is 0 Å². The van der Waals surface area contributed by atoms with Crippen LogP contribution in [0.4, 0.5) is 0 Å². The molecule has 0 aliphatic heterocycles. The first-order chi connectivity index (χ1) is 5.57. The molecule has 0 rings (SSSR count). The number of aliphatic hydroxyl groups excluding tert-OH is 2. The Balaban J connectivity index is 3.30. The van der Waals surface area contributed by atoms with E-state index in [0.717, 1.165) is 6.54 Å². The molecule has 0 fully saturated rings. The molecule has 0 aromatic rings. The highest BCUT2D eigenvalue weighted by Gasteiger charge is 2.08. The van der Waals surface area contributed by atoms with E-state index < -0.39 is 0 Å². The van der Waals surface area contributed by atoms with Crippen molar-refractivity contribution in [3.8, 4) is 0 Å². The van der Waals surface area contributed by atoms with E-state index in [1.807, 2.05) is 20.8 Å². The minimum absolute atomic E-state index is 0.199. The second-order valence-electron chi connectivity index (χ2n) is 3.76. The Labute approximate surface area is 74.8 Å². The molecule has 3 nitrogen and oxygen atoms in total. The Hall–Kier alpha value is -0.120. The Morgan fingerprint density at radius 1 is 1.17 bits per heavy atom. The van der Waals surface area contributed by atoms with Gasteiger partial charge in [-0.2, -0.15) is 0 Å². The van der Waals surface area contributed by atoms with E-state index in [0.29, 0.717) is 12.5 Å². The van der Waals surface area contributed by atoms with Crippen molar-refractivity contribution in [1.82, 2.24) is 5.32 Å². The summed E-state index contributed by atoms with van der Waals surface area (Å²) >= 11 is 0. The van der Waals surface area contributed by atoms with E-state index in [9.17, 15) is 5.11 Å². The van der Waals surface area contributed by atoms with Crippen LogP contribution in [-0.4, -0.2) is 36.0 Å². The molecule has 0 amide bonds. The fourth-order valence-electron chi connectivity index (χ4n) is 0.778. The molecule has 3 heteroatoms. The van der Waals surface area contributed by atoms with Crippen molar-refractivity contribution in [1.29, 1.82) is 0 Å². The third-order valence-corrected chi connectivity index (χ3v) is 1.93. The second-order valence-corrected chi connectivity index (χ2v) is 3.76. The van der Waals surface area contributed by atoms with Crippen molar-refractivity contribution >= 4 is 0 Å². The highest BCUT2D eigenvalue weighted by atomic mass is 16.3. The average Bonchev–Trinajstić information content (AvgIpc) is 2.03. The minimum atomic E-state index is -0.282. The summed E-state index contributed by atoms with van der Waals surface area (Å²) in [6.45, 7) is 7.52. The van der Waals surface area contributed by atoms with E-state index in [4.69, 9.17) is 5.11 Å². The molecule has 2 atom stereocenters. The first-order valence-corrected chi connectivity index (χ1v) is 4.57. The molecule has 0 radical (unpaired) electrons. The summed E-state index contributed by atoms with van der Waals surface area (Å²) in [6, 6.07) is 0. The predicted octanol–water partition coefficient (Wildman–Crippen LogP) is 0.221. The molecule has 0 aromatic heterocycles. The summed E-state index contributed by atoms with van der Waals surface area (Å²) in [5.41, 5.74) is 0. The lowest BCUT2D eigenvalue weighted by molar-refractivity contribution is 0.120. The lowest BCUT2D eigenvalue weighted by Crippen LogP contribution is -2.33. The highest BCUT2D eigenvalue weighted by molar-refractivity contribution is 4.64. The van der Waals surface area contributed by atoms with Gasteiger partial charge in [0.1, 0.15) is 0 Å². The van der Waals surface area contributed by atoms with Gasteiger partial charge < -0.3 is 15.5 Å². The van der Waals surface area contributed by atoms with E-state index in [-0.39, 0.29) is 18.6 Å². The zero-order valence-electron chi connectivity index (χ0n) is 8.25. The summed E-state index contributed by atoms with van der Waals surface area (Å²) in [5.74, 6) is 0.561. The van der Waals surface area contributed by atoms with Gasteiger partial charge in [0.2, 0.25) is 0 Å². The molecule has 0 saturated carbocycles. The molecule has 0 aromatic carbocycles. The number of rotatable bonds is 6. The molecule has 0 bridgehead atoms. The number of aliphatic hydroxyl groups is 2. The number of hydrogen-bond acceptors (Lipinski definition) is 3. The van der Waals surface area contributed by atoms with Crippen LogP contribution in [0, 0.1) is 11.8 Å². The Bertz CT molecular complexity index is 107. The molecule has 0 aliphatic rings. The third-order valence-electron chi connectivity index (χ3n) is 1.93. The summed E-state index contributed by atoms with van der Waals surface area (Å²) < 4.78 is 0. The number of nitrogens with one attached hydrogen (secondary N) is 1. The second kappa shape index (κ2) is 6.40. The van der Waals surface area contributed by atoms with Crippen LogP contribution in [-0.2, 0) is 0 Å². The summed E-state index contributed by atoms with van der Waals surface area (Å²) in [4.78, 5) is 0. The smallest absolute Gasteiger partial charge is 0.0687 e. The van der Waals surface area contributed by atoms with Gasteiger partial charge in [-0.15, -0.1) is 0 Å². The molecule has 0 spiro atoms. The normalized spacial score (nSPS) is 16.5. The molecular weight excluding hydrogens is 154 g/mol. The summed E-state index contributed by atoms with van der Waals surface area (Å²) in [6.07, 6.45) is -0.282. The van der Waals surface area contributed by atoms with E-state index in [1.165, 1.54) is 0 Å². The number of hydrogen-bond donors (Lipinski definition) is 3. The van der Waals surface area contributed by atoms with Crippen molar-refractivity contribution < 1.29 is 10.2 Å². The zero-order chi connectivity index (χ0) is 9.56. The van der Waals surface area contributed by atoms with Gasteiger partial charge >= 0.3 is 0 Å². The fraction of sp³-hybridized carbons (Fsp3) is 1.00. The van der Waals surface area contributed by atoms with Gasteiger partial charge in [-0.25, -0.2) is 0 Å². The standard InChI is InChI=1S/C9H21NO2/c1-7(2)9(12)5-10-4-8(3)6-11/h7-12H,4-6H2,1-3H3.